The Morgan fingerprint density at radius 1 is 1.19 bits per heavy atom. The van der Waals surface area contributed by atoms with Crippen molar-refractivity contribution in [1.82, 2.24) is 4.90 Å². The second-order valence-electron chi connectivity index (χ2n) is 5.05. The molecule has 0 bridgehead atoms. The zero-order valence-corrected chi connectivity index (χ0v) is 12.6. The molecule has 0 aliphatic carbocycles. The van der Waals surface area contributed by atoms with Crippen molar-refractivity contribution in [1.29, 1.82) is 0 Å². The molecule has 1 aromatic carbocycles. The lowest BCUT2D eigenvalue weighted by atomic mass is 10.0. The van der Waals surface area contributed by atoms with Crippen molar-refractivity contribution in [2.75, 3.05) is 25.0 Å². The number of piperidine rings is 1. The third-order valence-corrected chi connectivity index (χ3v) is 3.97. The molecule has 118 valence electrons. The highest BCUT2D eigenvalue weighted by molar-refractivity contribution is 9.10. The maximum atomic E-state index is 13.7. The summed E-state index contributed by atoms with van der Waals surface area (Å²) in [7, 11) is 0. The van der Waals surface area contributed by atoms with Crippen molar-refractivity contribution >= 4 is 21.6 Å². The van der Waals surface area contributed by atoms with E-state index < -0.39 is 24.4 Å². The topological polar surface area (TPSA) is 15.3 Å². The average molecular weight is 373 g/mol. The molecule has 1 aliphatic heterocycles. The van der Waals surface area contributed by atoms with Crippen molar-refractivity contribution < 1.29 is 22.0 Å². The molecular weight excluding hydrogens is 359 g/mol. The first kappa shape index (κ1) is 16.5. The van der Waals surface area contributed by atoms with Crippen LogP contribution in [0.3, 0.4) is 0 Å². The van der Waals surface area contributed by atoms with Gasteiger partial charge >= 0.3 is 6.18 Å². The number of rotatable bonds is 3. The first-order chi connectivity index (χ1) is 9.74. The van der Waals surface area contributed by atoms with Crippen LogP contribution in [0.4, 0.5) is 27.6 Å². The summed E-state index contributed by atoms with van der Waals surface area (Å²) in [5, 5.41) is 2.93. The number of nitrogens with zero attached hydrogens (tertiary/aromatic N) is 1. The van der Waals surface area contributed by atoms with Gasteiger partial charge in [-0.2, -0.15) is 13.2 Å². The molecule has 0 spiro atoms. The summed E-state index contributed by atoms with van der Waals surface area (Å²) in [6.07, 6.45) is -3.26. The van der Waals surface area contributed by atoms with Crippen LogP contribution in [0.25, 0.3) is 0 Å². The monoisotopic (exact) mass is 372 g/mol. The van der Waals surface area contributed by atoms with Gasteiger partial charge in [0.15, 0.2) is 0 Å². The van der Waals surface area contributed by atoms with Crippen LogP contribution in [0, 0.1) is 11.6 Å². The number of anilines is 1. The second kappa shape index (κ2) is 6.48. The van der Waals surface area contributed by atoms with Crippen LogP contribution < -0.4 is 5.32 Å². The quantitative estimate of drug-likeness (QED) is 0.801. The number of hydrogen-bond acceptors (Lipinski definition) is 2. The molecular formula is C13H14BrF5N2. The summed E-state index contributed by atoms with van der Waals surface area (Å²) in [5.41, 5.74) is 0.144. The molecule has 0 unspecified atom stereocenters. The van der Waals surface area contributed by atoms with Gasteiger partial charge in [0.2, 0.25) is 0 Å². The normalized spacial score (nSPS) is 18.0. The number of hydrogen-bond donors (Lipinski definition) is 1. The van der Waals surface area contributed by atoms with Crippen LogP contribution in [-0.2, 0) is 0 Å². The highest BCUT2D eigenvalue weighted by Crippen LogP contribution is 2.29. The van der Waals surface area contributed by atoms with Crippen LogP contribution in [0.1, 0.15) is 12.8 Å². The van der Waals surface area contributed by atoms with Gasteiger partial charge in [-0.25, -0.2) is 8.78 Å². The minimum Gasteiger partial charge on any atom is -0.379 e. The molecule has 0 atom stereocenters. The Labute approximate surface area is 127 Å². The van der Waals surface area contributed by atoms with Crippen molar-refractivity contribution in [3.63, 3.8) is 0 Å². The zero-order valence-electron chi connectivity index (χ0n) is 11.0. The fraction of sp³-hybridized carbons (Fsp3) is 0.538. The molecule has 0 aromatic heterocycles. The Morgan fingerprint density at radius 2 is 1.81 bits per heavy atom. The fourth-order valence-electron chi connectivity index (χ4n) is 2.37. The van der Waals surface area contributed by atoms with E-state index in [1.54, 1.807) is 0 Å². The Hall–Kier alpha value is -0.890. The number of alkyl halides is 3. The third kappa shape index (κ3) is 4.81. The van der Waals surface area contributed by atoms with E-state index in [9.17, 15) is 22.0 Å². The zero-order chi connectivity index (χ0) is 15.6. The van der Waals surface area contributed by atoms with Crippen LogP contribution in [-0.4, -0.2) is 36.8 Å². The molecule has 2 rings (SSSR count). The Morgan fingerprint density at radius 3 is 2.33 bits per heavy atom. The van der Waals surface area contributed by atoms with E-state index in [-0.39, 0.29) is 29.3 Å². The standard InChI is InChI=1S/C13H14BrF5N2/c14-10-5-8(15)6-11(16)12(10)20-9-1-3-21(4-2-9)7-13(17,18)19/h5-6,9,20H,1-4,7H2. The lowest BCUT2D eigenvalue weighted by Gasteiger charge is -2.33. The minimum atomic E-state index is -4.20. The lowest BCUT2D eigenvalue weighted by molar-refractivity contribution is -0.147. The molecule has 0 amide bonds. The molecule has 21 heavy (non-hydrogen) atoms. The van der Waals surface area contributed by atoms with Gasteiger partial charge in [-0.15, -0.1) is 0 Å². The van der Waals surface area contributed by atoms with Crippen molar-refractivity contribution in [2.24, 2.45) is 0 Å². The predicted octanol–water partition coefficient (Wildman–Crippen LogP) is 4.17. The van der Waals surface area contributed by atoms with Gasteiger partial charge in [0.1, 0.15) is 11.6 Å². The van der Waals surface area contributed by atoms with Gasteiger partial charge in [-0.3, -0.25) is 4.90 Å². The molecule has 2 nitrogen and oxygen atoms in total. The number of likely N-dealkylation sites (tertiary alicyclic amines) is 1. The van der Waals surface area contributed by atoms with Crippen LogP contribution in [0.15, 0.2) is 16.6 Å². The Bertz CT molecular complexity index is 475. The van der Waals surface area contributed by atoms with Crippen LogP contribution in [0.2, 0.25) is 0 Å². The number of benzene rings is 1. The van der Waals surface area contributed by atoms with Gasteiger partial charge in [0.05, 0.1) is 12.2 Å². The molecule has 1 N–H and O–H groups in total. The highest BCUT2D eigenvalue weighted by Gasteiger charge is 2.32. The predicted molar refractivity (Wildman–Crippen MR) is 73.2 cm³/mol. The average Bonchev–Trinajstić information content (AvgIpc) is 2.34. The number of halogens is 6. The molecule has 1 aromatic rings. The summed E-state index contributed by atoms with van der Waals surface area (Å²) in [5.74, 6) is -1.41. The van der Waals surface area contributed by atoms with Crippen molar-refractivity contribution in [3.05, 3.63) is 28.2 Å². The Balaban J connectivity index is 1.92. The maximum absolute atomic E-state index is 13.7. The van der Waals surface area contributed by atoms with E-state index in [2.05, 4.69) is 21.2 Å². The summed E-state index contributed by atoms with van der Waals surface area (Å²) in [6, 6.07) is 1.78. The van der Waals surface area contributed by atoms with E-state index in [4.69, 9.17) is 0 Å². The molecule has 1 saturated heterocycles. The second-order valence-corrected chi connectivity index (χ2v) is 5.91. The van der Waals surface area contributed by atoms with Gasteiger partial charge in [0.25, 0.3) is 0 Å². The molecule has 0 radical (unpaired) electrons. The summed E-state index contributed by atoms with van der Waals surface area (Å²) in [4.78, 5) is 1.33. The van der Waals surface area contributed by atoms with E-state index in [1.165, 1.54) is 4.90 Å². The molecule has 8 heteroatoms. The molecule has 1 aliphatic rings. The van der Waals surface area contributed by atoms with Gasteiger partial charge in [-0.05, 0) is 34.8 Å². The van der Waals surface area contributed by atoms with Gasteiger partial charge in [-0.1, -0.05) is 0 Å². The smallest absolute Gasteiger partial charge is 0.379 e. The maximum Gasteiger partial charge on any atom is 0.401 e. The van der Waals surface area contributed by atoms with E-state index in [0.29, 0.717) is 12.8 Å². The van der Waals surface area contributed by atoms with Gasteiger partial charge < -0.3 is 5.32 Å². The first-order valence-electron chi connectivity index (χ1n) is 6.45. The van der Waals surface area contributed by atoms with Crippen molar-refractivity contribution in [3.8, 4) is 0 Å². The van der Waals surface area contributed by atoms with Crippen LogP contribution >= 0.6 is 15.9 Å². The fourth-order valence-corrected chi connectivity index (χ4v) is 2.90. The summed E-state index contributed by atoms with van der Waals surface area (Å²) >= 11 is 3.07. The highest BCUT2D eigenvalue weighted by atomic mass is 79.9. The van der Waals surface area contributed by atoms with E-state index in [1.807, 2.05) is 0 Å². The largest absolute Gasteiger partial charge is 0.401 e. The summed E-state index contributed by atoms with van der Waals surface area (Å²) in [6.45, 7) is -0.344. The van der Waals surface area contributed by atoms with Gasteiger partial charge in [0, 0.05) is 29.7 Å². The van der Waals surface area contributed by atoms with Crippen molar-refractivity contribution in [2.45, 2.75) is 25.1 Å². The molecule has 1 heterocycles. The van der Waals surface area contributed by atoms with Crippen LogP contribution in [0.5, 0.6) is 0 Å². The summed E-state index contributed by atoms with van der Waals surface area (Å²) < 4.78 is 63.8. The van der Waals surface area contributed by atoms with E-state index in [0.717, 1.165) is 12.1 Å². The molecule has 0 saturated carbocycles. The SMILES string of the molecule is Fc1cc(F)c(NC2CCN(CC(F)(F)F)CC2)c(Br)c1. The van der Waals surface area contributed by atoms with E-state index >= 15 is 0 Å². The first-order valence-corrected chi connectivity index (χ1v) is 7.24. The minimum absolute atomic E-state index is 0.134. The lowest BCUT2D eigenvalue weighted by Crippen LogP contribution is -2.43. The molecule has 1 fully saturated rings. The number of nitrogens with one attached hydrogen (secondary N) is 1. The Kier molecular flexibility index (Phi) is 5.08. The third-order valence-electron chi connectivity index (χ3n) is 3.35.